The minimum atomic E-state index is 0.402. The molecule has 6 aromatic rings. The normalized spacial score (nSPS) is 11.5. The minimum absolute atomic E-state index is 0.402. The van der Waals surface area contributed by atoms with E-state index in [1.165, 1.54) is 0 Å². The van der Waals surface area contributed by atoms with Crippen molar-refractivity contribution in [2.45, 2.75) is 13.5 Å². The number of nitrogens with zero attached hydrogens (tertiary/aromatic N) is 8. The number of fused-ring (bicyclic) bond motifs is 2. The first-order valence-electron chi connectivity index (χ1n) is 9.85. The summed E-state index contributed by atoms with van der Waals surface area (Å²) >= 11 is 0. The van der Waals surface area contributed by atoms with Crippen molar-refractivity contribution in [3.63, 3.8) is 0 Å². The van der Waals surface area contributed by atoms with Crippen molar-refractivity contribution in [2.75, 3.05) is 0 Å². The summed E-state index contributed by atoms with van der Waals surface area (Å²) in [5.74, 6) is 0.849. The molecule has 0 saturated heterocycles. The number of hydrogen-bond donors (Lipinski definition) is 0. The zero-order valence-corrected chi connectivity index (χ0v) is 16.5. The lowest BCUT2D eigenvalue weighted by molar-refractivity contribution is 0.432. The number of aryl methyl sites for hydroxylation is 1. The quantitative estimate of drug-likeness (QED) is 0.436. The summed E-state index contributed by atoms with van der Waals surface area (Å²) in [5, 5.41) is 9.54. The second-order valence-corrected chi connectivity index (χ2v) is 6.99. The number of aromatic nitrogens is 8. The van der Waals surface area contributed by atoms with Crippen LogP contribution in [0.15, 0.2) is 71.9 Å². The van der Waals surface area contributed by atoms with E-state index in [2.05, 4.69) is 25.2 Å². The van der Waals surface area contributed by atoms with E-state index in [0.717, 1.165) is 33.5 Å². The molecule has 9 heteroatoms. The maximum atomic E-state index is 5.68. The average Bonchev–Trinajstić information content (AvgIpc) is 3.56. The second-order valence-electron chi connectivity index (χ2n) is 6.99. The van der Waals surface area contributed by atoms with Gasteiger partial charge in [0.1, 0.15) is 5.69 Å². The summed E-state index contributed by atoms with van der Waals surface area (Å²) in [5.41, 5.74) is 4.83. The van der Waals surface area contributed by atoms with Gasteiger partial charge < -0.3 is 4.52 Å². The van der Waals surface area contributed by atoms with Crippen LogP contribution in [-0.4, -0.2) is 39.3 Å². The number of hydrogen-bond acceptors (Lipinski definition) is 7. The summed E-state index contributed by atoms with van der Waals surface area (Å²) in [6.07, 6.45) is 8.69. The first-order valence-corrected chi connectivity index (χ1v) is 9.85. The third-order valence-electron chi connectivity index (χ3n) is 5.18. The van der Waals surface area contributed by atoms with Crippen molar-refractivity contribution in [1.29, 1.82) is 0 Å². The molecule has 0 aliphatic rings. The van der Waals surface area contributed by atoms with Gasteiger partial charge in [-0.25, -0.2) is 14.6 Å². The lowest BCUT2D eigenvalue weighted by atomic mass is 10.1. The van der Waals surface area contributed by atoms with Gasteiger partial charge in [-0.15, -0.1) is 0 Å². The van der Waals surface area contributed by atoms with Crippen molar-refractivity contribution in [1.82, 2.24) is 39.3 Å². The molecule has 0 saturated carbocycles. The third-order valence-corrected chi connectivity index (χ3v) is 5.18. The summed E-state index contributed by atoms with van der Waals surface area (Å²) in [7, 11) is 0. The Labute approximate surface area is 176 Å². The maximum Gasteiger partial charge on any atom is 0.259 e. The maximum absolute atomic E-state index is 5.68. The van der Waals surface area contributed by atoms with Gasteiger partial charge in [-0.05, 0) is 13.0 Å². The van der Waals surface area contributed by atoms with Gasteiger partial charge in [0, 0.05) is 24.5 Å². The van der Waals surface area contributed by atoms with Crippen molar-refractivity contribution in [2.24, 2.45) is 0 Å². The van der Waals surface area contributed by atoms with E-state index < -0.39 is 0 Å². The fraction of sp³-hybridized carbons (Fsp3) is 0.0909. The second kappa shape index (κ2) is 6.84. The van der Waals surface area contributed by atoms with E-state index >= 15 is 0 Å². The fourth-order valence-corrected chi connectivity index (χ4v) is 3.66. The molecule has 0 bridgehead atoms. The van der Waals surface area contributed by atoms with E-state index in [1.807, 2.05) is 58.6 Å². The smallest absolute Gasteiger partial charge is 0.259 e. The highest BCUT2D eigenvalue weighted by Gasteiger charge is 2.20. The van der Waals surface area contributed by atoms with Crippen LogP contribution in [0.3, 0.4) is 0 Å². The number of rotatable bonds is 4. The molecule has 31 heavy (non-hydrogen) atoms. The molecule has 0 N–H and O–H groups in total. The Balaban J connectivity index is 1.54. The van der Waals surface area contributed by atoms with Gasteiger partial charge in [-0.2, -0.15) is 10.1 Å². The monoisotopic (exact) mass is 408 g/mol. The molecular weight excluding hydrogens is 392 g/mol. The molecule has 5 aromatic heterocycles. The Morgan fingerprint density at radius 1 is 1.03 bits per heavy atom. The van der Waals surface area contributed by atoms with Gasteiger partial charge in [0.05, 0.1) is 35.2 Å². The third kappa shape index (κ3) is 2.78. The van der Waals surface area contributed by atoms with Gasteiger partial charge in [-0.1, -0.05) is 35.5 Å². The topological polar surface area (TPSA) is 99.8 Å². The molecule has 0 radical (unpaired) electrons. The largest absolute Gasteiger partial charge is 0.334 e. The first kappa shape index (κ1) is 17.5. The number of imidazole rings is 1. The molecule has 0 amide bonds. The Bertz CT molecular complexity index is 1530. The van der Waals surface area contributed by atoms with E-state index in [9.17, 15) is 0 Å². The van der Waals surface area contributed by atoms with Gasteiger partial charge in [0.25, 0.3) is 5.89 Å². The fourth-order valence-electron chi connectivity index (χ4n) is 3.66. The highest BCUT2D eigenvalue weighted by atomic mass is 16.5. The van der Waals surface area contributed by atoms with E-state index in [4.69, 9.17) is 9.51 Å². The van der Waals surface area contributed by atoms with Crippen LogP contribution in [0.5, 0.6) is 0 Å². The molecule has 0 aliphatic carbocycles. The minimum Gasteiger partial charge on any atom is -0.334 e. The van der Waals surface area contributed by atoms with Crippen LogP contribution in [0.4, 0.5) is 0 Å². The lowest BCUT2D eigenvalue weighted by Gasteiger charge is -2.06. The predicted octanol–water partition coefficient (Wildman–Crippen LogP) is 3.88. The first-order chi connectivity index (χ1) is 15.3. The molecular formula is C22H16N8O. The Morgan fingerprint density at radius 2 is 1.94 bits per heavy atom. The molecule has 1 aromatic carbocycles. The van der Waals surface area contributed by atoms with Crippen molar-refractivity contribution in [3.05, 3.63) is 67.4 Å². The zero-order chi connectivity index (χ0) is 20.8. The van der Waals surface area contributed by atoms with Gasteiger partial charge >= 0.3 is 0 Å². The Kier molecular flexibility index (Phi) is 3.85. The SMILES string of the molecule is CCn1ncc2c(-c3nc(-c4cnc5cnccn45)no3)cc(-c3ccccc3)nc21. The Hall–Kier alpha value is -4.40. The van der Waals surface area contributed by atoms with Crippen LogP contribution >= 0.6 is 0 Å². The molecule has 0 aliphatic heterocycles. The molecule has 9 nitrogen and oxygen atoms in total. The van der Waals surface area contributed by atoms with Crippen molar-refractivity contribution < 1.29 is 4.52 Å². The highest BCUT2D eigenvalue weighted by molar-refractivity contribution is 5.93. The highest BCUT2D eigenvalue weighted by Crippen LogP contribution is 2.32. The molecule has 0 spiro atoms. The molecule has 0 atom stereocenters. The summed E-state index contributed by atoms with van der Waals surface area (Å²) < 4.78 is 9.41. The van der Waals surface area contributed by atoms with Gasteiger partial charge in [0.2, 0.25) is 5.82 Å². The van der Waals surface area contributed by atoms with Crippen LogP contribution < -0.4 is 0 Å². The average molecular weight is 408 g/mol. The van der Waals surface area contributed by atoms with Crippen LogP contribution in [-0.2, 0) is 6.54 Å². The molecule has 6 rings (SSSR count). The van der Waals surface area contributed by atoms with Crippen LogP contribution in [0, 0.1) is 0 Å². The molecule has 5 heterocycles. The number of pyridine rings is 1. The molecule has 0 unspecified atom stereocenters. The van der Waals surface area contributed by atoms with Crippen molar-refractivity contribution >= 4 is 16.7 Å². The number of benzene rings is 1. The van der Waals surface area contributed by atoms with Crippen molar-refractivity contribution in [3.8, 4) is 34.2 Å². The van der Waals surface area contributed by atoms with E-state index in [1.54, 1.807) is 24.8 Å². The summed E-state index contributed by atoms with van der Waals surface area (Å²) in [6.45, 7) is 2.74. The standard InChI is InChI=1S/C22H16N8O/c1-2-30-21-16(11-25-30)15(10-17(26-21)14-6-4-3-5-7-14)22-27-20(28-31-22)18-12-24-19-13-23-8-9-29(18)19/h3-13H,2H2,1H3. The van der Waals surface area contributed by atoms with E-state index in [-0.39, 0.29) is 0 Å². The van der Waals surface area contributed by atoms with Gasteiger partial charge in [-0.3, -0.25) is 9.38 Å². The molecule has 150 valence electrons. The lowest BCUT2D eigenvalue weighted by Crippen LogP contribution is -1.98. The van der Waals surface area contributed by atoms with Gasteiger partial charge in [0.15, 0.2) is 11.3 Å². The predicted molar refractivity (Wildman–Crippen MR) is 114 cm³/mol. The summed E-state index contributed by atoms with van der Waals surface area (Å²) in [6, 6.07) is 12.0. The molecule has 0 fully saturated rings. The van der Waals surface area contributed by atoms with Crippen LogP contribution in [0.1, 0.15) is 6.92 Å². The Morgan fingerprint density at radius 3 is 2.81 bits per heavy atom. The zero-order valence-electron chi connectivity index (χ0n) is 16.5. The van der Waals surface area contributed by atoms with E-state index in [0.29, 0.717) is 23.9 Å². The van der Waals surface area contributed by atoms with Crippen LogP contribution in [0.25, 0.3) is 50.9 Å². The summed E-state index contributed by atoms with van der Waals surface area (Å²) in [4.78, 5) is 18.0. The van der Waals surface area contributed by atoms with Crippen LogP contribution in [0.2, 0.25) is 0 Å².